The minimum Gasteiger partial charge on any atom is -0.0616 e. The topological polar surface area (TPSA) is 0 Å². The van der Waals surface area contributed by atoms with Crippen LogP contribution in [0.25, 0.3) is 178 Å². The Morgan fingerprint density at radius 1 is 0.0521 bits per heavy atom. The molecule has 0 N–H and O–H groups in total. The lowest BCUT2D eigenvalue weighted by molar-refractivity contribution is 1.52. The number of benzene rings is 16. The quantitative estimate of drug-likeness (QED) is 0.142. The molecule has 0 amide bonds. The van der Waals surface area contributed by atoms with Gasteiger partial charge in [0.25, 0.3) is 0 Å². The van der Waals surface area contributed by atoms with E-state index in [0.717, 1.165) is 0 Å². The van der Waals surface area contributed by atoms with Crippen LogP contribution in [0.5, 0.6) is 0 Å². The van der Waals surface area contributed by atoms with E-state index in [4.69, 9.17) is 0 Å². The molecule has 0 nitrogen and oxygen atoms in total. The lowest BCUT2D eigenvalue weighted by Crippen LogP contribution is -1.96. The van der Waals surface area contributed by atoms with Gasteiger partial charge in [0.05, 0.1) is 0 Å². The molecule has 16 aromatic carbocycles. The molecule has 1 aliphatic rings. The van der Waals surface area contributed by atoms with Gasteiger partial charge in [0.1, 0.15) is 0 Å². The van der Waals surface area contributed by atoms with Crippen LogP contribution in [0.2, 0.25) is 0 Å². The Morgan fingerprint density at radius 2 is 0.0833 bits per heavy atom. The van der Waals surface area contributed by atoms with Gasteiger partial charge in [-0.05, 0) is 178 Å². The van der Waals surface area contributed by atoms with Crippen LogP contribution in [0.15, 0.2) is 388 Å². The van der Waals surface area contributed by atoms with Gasteiger partial charge >= 0.3 is 0 Å². The number of fused-ring (bicyclic) bond motifs is 32. The van der Waals surface area contributed by atoms with Crippen molar-refractivity contribution in [1.29, 1.82) is 0 Å². The van der Waals surface area contributed by atoms with Crippen LogP contribution in [0.1, 0.15) is 0 Å². The highest BCUT2D eigenvalue weighted by Gasteiger charge is 2.26. The first-order valence-electron chi connectivity index (χ1n) is 33.2. The average Bonchev–Trinajstić information content (AvgIpc) is 0.798. The van der Waals surface area contributed by atoms with Crippen molar-refractivity contribution >= 4 is 0 Å². The summed E-state index contributed by atoms with van der Waals surface area (Å²) in [5, 5.41) is 0. The molecule has 0 heterocycles. The zero-order valence-electron chi connectivity index (χ0n) is 53.0. The summed E-state index contributed by atoms with van der Waals surface area (Å²) in [4.78, 5) is 0. The molecule has 1 aliphatic carbocycles. The van der Waals surface area contributed by atoms with Gasteiger partial charge in [-0.15, -0.1) is 0 Å². The van der Waals surface area contributed by atoms with Crippen molar-refractivity contribution < 1.29 is 0 Å². The molecular formula is C96H64. The van der Waals surface area contributed by atoms with Crippen LogP contribution in [-0.2, 0) is 0 Å². The summed E-state index contributed by atoms with van der Waals surface area (Å²) in [6.07, 6.45) is 0. The van der Waals surface area contributed by atoms with Crippen molar-refractivity contribution in [3.05, 3.63) is 388 Å². The van der Waals surface area contributed by atoms with Crippen LogP contribution in [0, 0.1) is 0 Å². The van der Waals surface area contributed by atoms with E-state index in [-0.39, 0.29) is 0 Å². The monoisotopic (exact) mass is 1220 g/mol. The van der Waals surface area contributed by atoms with Gasteiger partial charge in [-0.25, -0.2) is 0 Å². The van der Waals surface area contributed by atoms with Gasteiger partial charge in [-0.2, -0.15) is 0 Å². The van der Waals surface area contributed by atoms with Crippen molar-refractivity contribution in [2.45, 2.75) is 0 Å². The third kappa shape index (κ3) is 10.2. The standard InChI is InChI=1S/C96H64/c1-2-34-66-65(33-1)67-35-3-4-37-69(67)71-39-7-8-41-73(71)75-43-11-12-45-77(75)79-47-15-16-49-81(79)83-51-19-20-53-85(83)87-55-23-24-57-89(87)91-59-27-28-61-93(91)95-63-31-32-64-96(95)94-62-30-29-60-92(94)90-58-26-25-56-88(90)86-54-22-21-52-84(86)82-50-18-17-48-80(82)78-46-14-13-44-76(78)74-42-10-9-40-72(74)70-38-6-5-36-68(66)70/h1-64H. The van der Waals surface area contributed by atoms with E-state index in [1.165, 1.54) is 178 Å². The molecule has 0 fully saturated rings. The fraction of sp³-hybridized carbons (Fsp3) is 0. The molecule has 448 valence electrons. The summed E-state index contributed by atoms with van der Waals surface area (Å²) in [6.45, 7) is 0. The van der Waals surface area contributed by atoms with Crippen LogP contribution in [-0.4, -0.2) is 0 Å². The summed E-state index contributed by atoms with van der Waals surface area (Å²) >= 11 is 0. The highest BCUT2D eigenvalue weighted by atomic mass is 14.3. The molecule has 0 spiro atoms. The SMILES string of the molecule is c1ccc2c(c1)-c1ccccc1-c1ccccc1-c1ccccc1-c1ccccc1-c1ccccc1-c1ccccc1-c1ccccc1-c1ccccc1-c1ccccc1-c1ccccc1-c1ccccc1-c1ccccc1-c1ccccc1-c1ccccc1-c1ccccc1-2. The molecule has 0 unspecified atom stereocenters. The summed E-state index contributed by atoms with van der Waals surface area (Å²) in [5.41, 5.74) is 37.3. The van der Waals surface area contributed by atoms with E-state index < -0.39 is 0 Å². The molecule has 96 heavy (non-hydrogen) atoms. The van der Waals surface area contributed by atoms with Crippen molar-refractivity contribution in [3.8, 4) is 178 Å². The number of hydrogen-bond donors (Lipinski definition) is 0. The van der Waals surface area contributed by atoms with Gasteiger partial charge in [-0.3, -0.25) is 0 Å². The van der Waals surface area contributed by atoms with Gasteiger partial charge in [-0.1, -0.05) is 388 Å². The van der Waals surface area contributed by atoms with Crippen LogP contribution in [0.4, 0.5) is 0 Å². The Bertz CT molecular complexity index is 3770. The molecule has 16 aromatic rings. The highest BCUT2D eigenvalue weighted by Crippen LogP contribution is 2.52. The van der Waals surface area contributed by atoms with Gasteiger partial charge in [0.2, 0.25) is 0 Å². The Morgan fingerprint density at radius 3 is 0.115 bits per heavy atom. The third-order valence-corrected chi connectivity index (χ3v) is 19.5. The Labute approximate surface area is 562 Å². The second-order valence-electron chi connectivity index (χ2n) is 24.7. The fourth-order valence-electron chi connectivity index (χ4n) is 15.2. The summed E-state index contributed by atoms with van der Waals surface area (Å²) < 4.78 is 0. The molecule has 0 aliphatic heterocycles. The largest absolute Gasteiger partial charge is 0.0616 e. The van der Waals surface area contributed by atoms with E-state index in [0.29, 0.717) is 0 Å². The molecule has 0 bridgehead atoms. The molecule has 17 rings (SSSR count). The van der Waals surface area contributed by atoms with E-state index in [9.17, 15) is 0 Å². The Kier molecular flexibility index (Phi) is 15.1. The summed E-state index contributed by atoms with van der Waals surface area (Å²) in [5.74, 6) is 0. The maximum absolute atomic E-state index is 2.31. The normalized spacial score (nSPS) is 11.3. The van der Waals surface area contributed by atoms with E-state index in [1.807, 2.05) is 0 Å². The number of hydrogen-bond acceptors (Lipinski definition) is 0. The summed E-state index contributed by atoms with van der Waals surface area (Å²) in [6, 6.07) is 144. The first kappa shape index (κ1) is 57.4. The van der Waals surface area contributed by atoms with Crippen molar-refractivity contribution in [1.82, 2.24) is 0 Å². The fourth-order valence-corrected chi connectivity index (χ4v) is 15.2. The van der Waals surface area contributed by atoms with Crippen LogP contribution < -0.4 is 0 Å². The minimum absolute atomic E-state index is 1.17. The molecule has 0 radical (unpaired) electrons. The van der Waals surface area contributed by atoms with Crippen molar-refractivity contribution in [3.63, 3.8) is 0 Å². The zero-order valence-corrected chi connectivity index (χ0v) is 53.0. The Balaban J connectivity index is 0.926. The number of rotatable bonds is 0. The lowest BCUT2D eigenvalue weighted by atomic mass is 9.81. The molecule has 0 aromatic heterocycles. The molecule has 0 heteroatoms. The van der Waals surface area contributed by atoms with Crippen LogP contribution >= 0.6 is 0 Å². The predicted molar refractivity (Wildman–Crippen MR) is 407 cm³/mol. The van der Waals surface area contributed by atoms with E-state index in [2.05, 4.69) is 388 Å². The molecular weight excluding hydrogens is 1150 g/mol. The second kappa shape index (κ2) is 25.2. The first-order valence-corrected chi connectivity index (χ1v) is 33.2. The first-order chi connectivity index (χ1) is 47.7. The van der Waals surface area contributed by atoms with Crippen LogP contribution in [0.3, 0.4) is 0 Å². The van der Waals surface area contributed by atoms with Gasteiger partial charge < -0.3 is 0 Å². The van der Waals surface area contributed by atoms with Crippen molar-refractivity contribution in [2.24, 2.45) is 0 Å². The predicted octanol–water partition coefficient (Wildman–Crippen LogP) is 26.7. The van der Waals surface area contributed by atoms with Gasteiger partial charge in [0.15, 0.2) is 0 Å². The smallest absolute Gasteiger partial charge is 0.00990 e. The molecule has 0 saturated carbocycles. The zero-order chi connectivity index (χ0) is 63.7. The molecule has 0 saturated heterocycles. The van der Waals surface area contributed by atoms with E-state index in [1.54, 1.807) is 0 Å². The second-order valence-corrected chi connectivity index (χ2v) is 24.7. The average molecular weight is 1220 g/mol. The highest BCUT2D eigenvalue weighted by molar-refractivity contribution is 6.07. The van der Waals surface area contributed by atoms with Crippen molar-refractivity contribution in [2.75, 3.05) is 0 Å². The lowest BCUT2D eigenvalue weighted by Gasteiger charge is -2.22. The third-order valence-electron chi connectivity index (χ3n) is 19.5. The summed E-state index contributed by atoms with van der Waals surface area (Å²) in [7, 11) is 0. The Hall–Kier alpha value is -12.5. The molecule has 0 atom stereocenters. The maximum Gasteiger partial charge on any atom is -0.00990 e. The maximum atomic E-state index is 2.31. The van der Waals surface area contributed by atoms with Gasteiger partial charge in [0, 0.05) is 0 Å². The minimum atomic E-state index is 1.17. The van der Waals surface area contributed by atoms with E-state index >= 15 is 0 Å².